The van der Waals surface area contributed by atoms with Crippen molar-refractivity contribution in [3.63, 3.8) is 0 Å². The van der Waals surface area contributed by atoms with Gasteiger partial charge in [-0.2, -0.15) is 0 Å². The molecule has 9 heteroatoms. The Balaban J connectivity index is 1.31. The number of carbonyl (C=O) groups excluding carboxylic acids is 2. The van der Waals surface area contributed by atoms with Crippen molar-refractivity contribution in [1.82, 2.24) is 9.97 Å². The van der Waals surface area contributed by atoms with Gasteiger partial charge in [0.05, 0.1) is 23.6 Å². The average Bonchev–Trinajstić information content (AvgIpc) is 2.89. The zero-order chi connectivity index (χ0) is 23.8. The Morgan fingerprint density at radius 2 is 1.68 bits per heavy atom. The summed E-state index contributed by atoms with van der Waals surface area (Å²) in [6.45, 7) is 5.57. The maximum absolute atomic E-state index is 12.5. The summed E-state index contributed by atoms with van der Waals surface area (Å²) in [5, 5.41) is 3.33. The van der Waals surface area contributed by atoms with Crippen molar-refractivity contribution in [3.8, 4) is 0 Å². The number of para-hydroxylation sites is 2. The van der Waals surface area contributed by atoms with Gasteiger partial charge in [0, 0.05) is 38.1 Å². The maximum atomic E-state index is 12.5. The summed E-state index contributed by atoms with van der Waals surface area (Å²) in [4.78, 5) is 38.2. The van der Waals surface area contributed by atoms with Crippen LogP contribution in [0.5, 0.6) is 0 Å². The number of thioether (sulfide) groups is 1. The monoisotopic (exact) mass is 477 g/mol. The van der Waals surface area contributed by atoms with E-state index in [1.807, 2.05) is 12.1 Å². The van der Waals surface area contributed by atoms with Gasteiger partial charge in [0.15, 0.2) is 5.16 Å². The number of hydrogen-bond donors (Lipinski definition) is 1. The van der Waals surface area contributed by atoms with Gasteiger partial charge in [0.25, 0.3) is 0 Å². The first kappa shape index (κ1) is 23.6. The molecule has 0 aliphatic carbocycles. The quantitative estimate of drug-likeness (QED) is 0.298. The van der Waals surface area contributed by atoms with Crippen LogP contribution in [0.4, 0.5) is 17.2 Å². The van der Waals surface area contributed by atoms with E-state index in [2.05, 4.69) is 49.4 Å². The second kappa shape index (κ2) is 11.5. The molecule has 4 rings (SSSR count). The fraction of sp³-hybridized carbons (Fsp3) is 0.280. The minimum atomic E-state index is -0.463. The summed E-state index contributed by atoms with van der Waals surface area (Å²) in [7, 11) is 0. The molecule has 0 saturated carbocycles. The SMILES string of the molecule is CCOC(=O)c1ccccc1NC(=O)CSc1nccc(N2CCN(c3ccccc3)CC2)n1. The van der Waals surface area contributed by atoms with Crippen LogP contribution >= 0.6 is 11.8 Å². The third-order valence-electron chi connectivity index (χ3n) is 5.37. The summed E-state index contributed by atoms with van der Waals surface area (Å²) in [5.41, 5.74) is 1.99. The third-order valence-corrected chi connectivity index (χ3v) is 6.23. The Labute approximate surface area is 203 Å². The van der Waals surface area contributed by atoms with E-state index < -0.39 is 5.97 Å². The molecule has 0 atom stereocenters. The molecule has 0 radical (unpaired) electrons. The molecule has 34 heavy (non-hydrogen) atoms. The Bertz CT molecular complexity index is 1120. The largest absolute Gasteiger partial charge is 0.462 e. The molecule has 0 unspecified atom stereocenters. The zero-order valence-corrected chi connectivity index (χ0v) is 19.8. The number of nitrogens with zero attached hydrogens (tertiary/aromatic N) is 4. The zero-order valence-electron chi connectivity index (χ0n) is 19.0. The molecule has 0 bridgehead atoms. The van der Waals surface area contributed by atoms with E-state index in [1.54, 1.807) is 37.4 Å². The first-order chi connectivity index (χ1) is 16.6. The van der Waals surface area contributed by atoms with Crippen LogP contribution in [0.25, 0.3) is 0 Å². The summed E-state index contributed by atoms with van der Waals surface area (Å²) in [5.74, 6) is 0.280. The van der Waals surface area contributed by atoms with E-state index in [9.17, 15) is 9.59 Å². The van der Waals surface area contributed by atoms with Gasteiger partial charge >= 0.3 is 5.97 Å². The van der Waals surface area contributed by atoms with Gasteiger partial charge in [0.1, 0.15) is 5.82 Å². The normalized spacial score (nSPS) is 13.4. The van der Waals surface area contributed by atoms with Gasteiger partial charge in [-0.3, -0.25) is 4.79 Å². The number of hydrogen-bond acceptors (Lipinski definition) is 8. The van der Waals surface area contributed by atoms with Gasteiger partial charge in [0.2, 0.25) is 5.91 Å². The molecule has 176 valence electrons. The van der Waals surface area contributed by atoms with Crippen molar-refractivity contribution in [2.75, 3.05) is 53.7 Å². The van der Waals surface area contributed by atoms with Crippen molar-refractivity contribution in [1.29, 1.82) is 0 Å². The van der Waals surface area contributed by atoms with Crippen LogP contribution in [-0.2, 0) is 9.53 Å². The number of nitrogens with one attached hydrogen (secondary N) is 1. The van der Waals surface area contributed by atoms with E-state index in [-0.39, 0.29) is 18.3 Å². The Kier molecular flexibility index (Phi) is 7.98. The van der Waals surface area contributed by atoms with Crippen LogP contribution < -0.4 is 15.1 Å². The Morgan fingerprint density at radius 1 is 0.971 bits per heavy atom. The molecular weight excluding hydrogens is 450 g/mol. The minimum absolute atomic E-state index is 0.127. The second-order valence-electron chi connectivity index (χ2n) is 7.61. The summed E-state index contributed by atoms with van der Waals surface area (Å²) >= 11 is 1.26. The van der Waals surface area contributed by atoms with Gasteiger partial charge < -0.3 is 19.9 Å². The van der Waals surface area contributed by atoms with Crippen molar-refractivity contribution in [3.05, 3.63) is 72.4 Å². The number of carbonyl (C=O) groups is 2. The number of esters is 1. The molecule has 1 fully saturated rings. The van der Waals surface area contributed by atoms with Gasteiger partial charge in [-0.15, -0.1) is 0 Å². The summed E-state index contributed by atoms with van der Waals surface area (Å²) in [6.07, 6.45) is 1.72. The van der Waals surface area contributed by atoms with E-state index >= 15 is 0 Å². The van der Waals surface area contributed by atoms with Crippen LogP contribution in [-0.4, -0.2) is 60.4 Å². The van der Waals surface area contributed by atoms with Crippen molar-refractivity contribution >= 4 is 40.8 Å². The number of ether oxygens (including phenoxy) is 1. The molecule has 1 N–H and O–H groups in total. The molecule has 1 amide bonds. The van der Waals surface area contributed by atoms with Crippen LogP contribution in [0.1, 0.15) is 17.3 Å². The molecule has 0 spiro atoms. The predicted octanol–water partition coefficient (Wildman–Crippen LogP) is 3.71. The molecule has 1 aliphatic rings. The average molecular weight is 478 g/mol. The highest BCUT2D eigenvalue weighted by Crippen LogP contribution is 2.22. The van der Waals surface area contributed by atoms with E-state index in [0.717, 1.165) is 32.0 Å². The summed E-state index contributed by atoms with van der Waals surface area (Å²) in [6, 6.07) is 19.1. The van der Waals surface area contributed by atoms with Crippen LogP contribution in [0, 0.1) is 0 Å². The molecule has 2 heterocycles. The Morgan fingerprint density at radius 3 is 2.44 bits per heavy atom. The molecule has 1 aliphatic heterocycles. The van der Waals surface area contributed by atoms with E-state index in [4.69, 9.17) is 4.74 Å². The van der Waals surface area contributed by atoms with Gasteiger partial charge in [-0.25, -0.2) is 14.8 Å². The van der Waals surface area contributed by atoms with E-state index in [1.165, 1.54) is 17.4 Å². The smallest absolute Gasteiger partial charge is 0.340 e. The van der Waals surface area contributed by atoms with Crippen molar-refractivity contribution in [2.45, 2.75) is 12.1 Å². The fourth-order valence-corrected chi connectivity index (χ4v) is 4.33. The van der Waals surface area contributed by atoms with E-state index in [0.29, 0.717) is 16.4 Å². The highest BCUT2D eigenvalue weighted by Gasteiger charge is 2.19. The second-order valence-corrected chi connectivity index (χ2v) is 8.55. The standard InChI is InChI=1S/C25H27N5O3S/c1-2-33-24(32)20-10-6-7-11-21(20)27-23(31)18-34-25-26-13-12-22(28-25)30-16-14-29(15-17-30)19-8-4-3-5-9-19/h3-13H,2,14-18H2,1H3,(H,27,31). The van der Waals surface area contributed by atoms with Crippen LogP contribution in [0.3, 0.4) is 0 Å². The van der Waals surface area contributed by atoms with Crippen LogP contribution in [0.15, 0.2) is 72.0 Å². The summed E-state index contributed by atoms with van der Waals surface area (Å²) < 4.78 is 5.06. The number of anilines is 3. The highest BCUT2D eigenvalue weighted by molar-refractivity contribution is 7.99. The number of aromatic nitrogens is 2. The number of amides is 1. The van der Waals surface area contributed by atoms with Gasteiger partial charge in [-0.05, 0) is 37.3 Å². The lowest BCUT2D eigenvalue weighted by molar-refractivity contribution is -0.113. The lowest BCUT2D eigenvalue weighted by Crippen LogP contribution is -2.46. The molecule has 8 nitrogen and oxygen atoms in total. The minimum Gasteiger partial charge on any atom is -0.462 e. The van der Waals surface area contributed by atoms with Crippen LogP contribution in [0.2, 0.25) is 0 Å². The lowest BCUT2D eigenvalue weighted by Gasteiger charge is -2.36. The lowest BCUT2D eigenvalue weighted by atomic mass is 10.2. The fourth-order valence-electron chi connectivity index (χ4n) is 3.71. The molecular formula is C25H27N5O3S. The van der Waals surface area contributed by atoms with Gasteiger partial charge in [-0.1, -0.05) is 42.1 Å². The molecule has 1 aromatic heterocycles. The number of benzene rings is 2. The Hall–Kier alpha value is -3.59. The molecule has 2 aromatic carbocycles. The number of rotatable bonds is 8. The molecule has 3 aromatic rings. The molecule has 1 saturated heterocycles. The third kappa shape index (κ3) is 6.05. The van der Waals surface area contributed by atoms with Crippen molar-refractivity contribution < 1.29 is 14.3 Å². The predicted molar refractivity (Wildman–Crippen MR) is 135 cm³/mol. The highest BCUT2D eigenvalue weighted by atomic mass is 32.2. The topological polar surface area (TPSA) is 87.7 Å². The first-order valence-electron chi connectivity index (χ1n) is 11.2. The first-order valence-corrected chi connectivity index (χ1v) is 12.2. The maximum Gasteiger partial charge on any atom is 0.340 e. The van der Waals surface area contributed by atoms with Crippen molar-refractivity contribution in [2.24, 2.45) is 0 Å². The number of piperazine rings is 1.